The van der Waals surface area contributed by atoms with Gasteiger partial charge in [0, 0.05) is 19.5 Å². The molecule has 0 aromatic rings. The Labute approximate surface area is 110 Å². The van der Waals surface area contributed by atoms with Crippen LogP contribution in [0.2, 0.25) is 0 Å². The summed E-state index contributed by atoms with van der Waals surface area (Å²) in [6, 6.07) is -0.432. The van der Waals surface area contributed by atoms with Gasteiger partial charge in [-0.2, -0.15) is 0 Å². The van der Waals surface area contributed by atoms with E-state index in [0.717, 1.165) is 0 Å². The summed E-state index contributed by atoms with van der Waals surface area (Å²) >= 11 is 0. The molecule has 3 nitrogen and oxygen atoms in total. The largest absolute Gasteiger partial charge is 0.459 e. The number of hydrogen-bond donors (Lipinski definition) is 0. The normalized spacial score (nSPS) is 26.4. The van der Waals surface area contributed by atoms with Gasteiger partial charge in [0.1, 0.15) is 17.8 Å². The lowest BCUT2D eigenvalue weighted by molar-refractivity contribution is -0.160. The van der Waals surface area contributed by atoms with Gasteiger partial charge in [0.25, 0.3) is 0 Å². The minimum atomic E-state index is -0.926. The number of alkyl halides is 1. The highest BCUT2D eigenvalue weighted by atomic mass is 19.1. The molecular weight excluding hydrogens is 233 g/mol. The van der Waals surface area contributed by atoms with Gasteiger partial charge in [-0.15, -0.1) is 0 Å². The van der Waals surface area contributed by atoms with E-state index >= 15 is 0 Å². The van der Waals surface area contributed by atoms with Crippen molar-refractivity contribution in [3.8, 4) is 0 Å². The summed E-state index contributed by atoms with van der Waals surface area (Å²) in [7, 11) is 0. The average Bonchev–Trinajstić information content (AvgIpc) is 2.40. The van der Waals surface area contributed by atoms with E-state index in [-0.39, 0.29) is 17.8 Å². The molecule has 0 bridgehead atoms. The number of carbonyl (C=O) groups is 1. The molecule has 1 saturated heterocycles. The highest BCUT2D eigenvalue weighted by molar-refractivity contribution is 5.76. The van der Waals surface area contributed by atoms with Crippen LogP contribution in [0, 0.1) is 5.41 Å². The maximum Gasteiger partial charge on any atom is 0.323 e. The Bertz CT molecular complexity index is 304. The predicted octanol–water partition coefficient (Wildman–Crippen LogP) is 2.79. The zero-order valence-corrected chi connectivity index (χ0v) is 12.4. The third kappa shape index (κ3) is 4.92. The van der Waals surface area contributed by atoms with Crippen LogP contribution in [-0.2, 0) is 9.53 Å². The second-order valence-electron chi connectivity index (χ2n) is 7.37. The number of halogens is 1. The van der Waals surface area contributed by atoms with Crippen LogP contribution < -0.4 is 0 Å². The molecule has 0 N–H and O–H groups in total. The van der Waals surface area contributed by atoms with Crippen LogP contribution in [0.4, 0.5) is 4.39 Å². The summed E-state index contributed by atoms with van der Waals surface area (Å²) in [6.45, 7) is 12.8. The van der Waals surface area contributed by atoms with Crippen molar-refractivity contribution < 1.29 is 13.9 Å². The third-order valence-corrected chi connectivity index (χ3v) is 2.71. The van der Waals surface area contributed by atoms with Crippen LogP contribution in [0.25, 0.3) is 0 Å². The molecule has 2 unspecified atom stereocenters. The van der Waals surface area contributed by atoms with Gasteiger partial charge in [-0.1, -0.05) is 20.8 Å². The standard InChI is InChI=1S/C14H26FNO2/c1-13(2,3)9-16-8-10(15)7-11(16)12(17)18-14(4,5)6/h10-11H,7-9H2,1-6H3. The molecule has 4 heteroatoms. The topological polar surface area (TPSA) is 29.5 Å². The Morgan fingerprint density at radius 1 is 1.28 bits per heavy atom. The highest BCUT2D eigenvalue weighted by Crippen LogP contribution is 2.27. The zero-order chi connectivity index (χ0) is 14.1. The smallest absolute Gasteiger partial charge is 0.323 e. The molecular formula is C14H26FNO2. The van der Waals surface area contributed by atoms with Crippen molar-refractivity contribution in [1.29, 1.82) is 0 Å². The molecule has 1 aliphatic heterocycles. The van der Waals surface area contributed by atoms with Gasteiger partial charge in [-0.05, 0) is 26.2 Å². The van der Waals surface area contributed by atoms with Crippen LogP contribution in [0.1, 0.15) is 48.0 Å². The first-order chi connectivity index (χ1) is 7.98. The summed E-state index contributed by atoms with van der Waals surface area (Å²) in [5.41, 5.74) is -0.469. The maximum absolute atomic E-state index is 13.5. The van der Waals surface area contributed by atoms with Crippen LogP contribution in [0.5, 0.6) is 0 Å². The Balaban J connectivity index is 2.70. The van der Waals surface area contributed by atoms with E-state index < -0.39 is 17.8 Å². The second kappa shape index (κ2) is 5.16. The minimum absolute atomic E-state index is 0.0460. The summed E-state index contributed by atoms with van der Waals surface area (Å²) in [5.74, 6) is -0.299. The van der Waals surface area contributed by atoms with Crippen molar-refractivity contribution in [1.82, 2.24) is 4.90 Å². The van der Waals surface area contributed by atoms with Crippen molar-refractivity contribution in [2.45, 2.75) is 65.8 Å². The Morgan fingerprint density at radius 2 is 1.83 bits per heavy atom. The van der Waals surface area contributed by atoms with Crippen LogP contribution in [0.15, 0.2) is 0 Å². The first-order valence-electron chi connectivity index (χ1n) is 6.59. The van der Waals surface area contributed by atoms with E-state index in [1.807, 2.05) is 25.7 Å². The quantitative estimate of drug-likeness (QED) is 0.714. The molecule has 0 saturated carbocycles. The monoisotopic (exact) mass is 259 g/mol. The fourth-order valence-electron chi connectivity index (χ4n) is 2.25. The van der Waals surface area contributed by atoms with Crippen LogP contribution in [-0.4, -0.2) is 41.8 Å². The number of esters is 1. The van der Waals surface area contributed by atoms with Gasteiger partial charge < -0.3 is 4.74 Å². The molecule has 0 radical (unpaired) electrons. The average molecular weight is 259 g/mol. The van der Waals surface area contributed by atoms with Gasteiger partial charge in [0.2, 0.25) is 0 Å². The summed E-state index contributed by atoms with van der Waals surface area (Å²) in [5, 5.41) is 0. The molecule has 1 aliphatic rings. The molecule has 0 aromatic heterocycles. The second-order valence-corrected chi connectivity index (χ2v) is 7.37. The number of carbonyl (C=O) groups excluding carboxylic acids is 1. The first-order valence-corrected chi connectivity index (χ1v) is 6.59. The van der Waals surface area contributed by atoms with Gasteiger partial charge in [-0.25, -0.2) is 4.39 Å². The molecule has 1 rings (SSSR count). The molecule has 1 fully saturated rings. The number of hydrogen-bond acceptors (Lipinski definition) is 3. The maximum atomic E-state index is 13.5. The minimum Gasteiger partial charge on any atom is -0.459 e. The van der Waals surface area contributed by atoms with Gasteiger partial charge in [0.05, 0.1) is 0 Å². The van der Waals surface area contributed by atoms with Gasteiger partial charge in [-0.3, -0.25) is 9.69 Å². The van der Waals surface area contributed by atoms with Crippen molar-refractivity contribution >= 4 is 5.97 Å². The molecule has 1 heterocycles. The fourth-order valence-corrected chi connectivity index (χ4v) is 2.25. The molecule has 18 heavy (non-hydrogen) atoms. The lowest BCUT2D eigenvalue weighted by atomic mass is 9.95. The summed E-state index contributed by atoms with van der Waals surface area (Å²) in [4.78, 5) is 14.0. The van der Waals surface area contributed by atoms with Crippen molar-refractivity contribution in [2.24, 2.45) is 5.41 Å². The highest BCUT2D eigenvalue weighted by Gasteiger charge is 2.40. The predicted molar refractivity (Wildman–Crippen MR) is 70.2 cm³/mol. The molecule has 0 spiro atoms. The molecule has 106 valence electrons. The van der Waals surface area contributed by atoms with Crippen molar-refractivity contribution in [3.63, 3.8) is 0 Å². The van der Waals surface area contributed by atoms with E-state index in [9.17, 15) is 9.18 Å². The van der Waals surface area contributed by atoms with Crippen LogP contribution >= 0.6 is 0 Å². The van der Waals surface area contributed by atoms with Crippen molar-refractivity contribution in [2.75, 3.05) is 13.1 Å². The Hall–Kier alpha value is -0.640. The van der Waals surface area contributed by atoms with E-state index in [1.54, 1.807) is 0 Å². The van der Waals surface area contributed by atoms with E-state index in [0.29, 0.717) is 13.1 Å². The van der Waals surface area contributed by atoms with Gasteiger partial charge >= 0.3 is 5.97 Å². The lowest BCUT2D eigenvalue weighted by Crippen LogP contribution is -2.43. The molecule has 0 aliphatic carbocycles. The number of ether oxygens (including phenoxy) is 1. The molecule has 0 aromatic carbocycles. The third-order valence-electron chi connectivity index (χ3n) is 2.71. The molecule has 0 amide bonds. The molecule has 2 atom stereocenters. The number of nitrogens with zero attached hydrogens (tertiary/aromatic N) is 1. The lowest BCUT2D eigenvalue weighted by Gasteiger charge is -2.31. The van der Waals surface area contributed by atoms with Crippen molar-refractivity contribution in [3.05, 3.63) is 0 Å². The van der Waals surface area contributed by atoms with Gasteiger partial charge in [0.15, 0.2) is 0 Å². The number of rotatable bonds is 2. The van der Waals surface area contributed by atoms with E-state index in [4.69, 9.17) is 4.74 Å². The van der Waals surface area contributed by atoms with Crippen LogP contribution in [0.3, 0.4) is 0 Å². The fraction of sp³-hybridized carbons (Fsp3) is 0.929. The number of likely N-dealkylation sites (tertiary alicyclic amines) is 1. The summed E-state index contributed by atoms with van der Waals surface area (Å²) < 4.78 is 18.9. The summed E-state index contributed by atoms with van der Waals surface area (Å²) in [6.07, 6.45) is -0.671. The SMILES string of the molecule is CC(C)(C)CN1CC(F)CC1C(=O)OC(C)(C)C. The Kier molecular flexibility index (Phi) is 4.42. The van der Waals surface area contributed by atoms with E-state index in [1.165, 1.54) is 0 Å². The zero-order valence-electron chi connectivity index (χ0n) is 12.4. The van der Waals surface area contributed by atoms with E-state index in [2.05, 4.69) is 20.8 Å². The Morgan fingerprint density at radius 3 is 2.28 bits per heavy atom. The first kappa shape index (κ1) is 15.4.